The van der Waals surface area contributed by atoms with Gasteiger partial charge in [-0.05, 0) is 24.1 Å². The van der Waals surface area contributed by atoms with Crippen molar-refractivity contribution in [3.05, 3.63) is 50.1 Å². The van der Waals surface area contributed by atoms with E-state index in [1.165, 1.54) is 16.7 Å². The maximum absolute atomic E-state index is 12.8. The van der Waals surface area contributed by atoms with Crippen molar-refractivity contribution in [1.82, 2.24) is 15.2 Å². The Hall–Kier alpha value is -3.03. The van der Waals surface area contributed by atoms with Gasteiger partial charge in [-0.1, -0.05) is 34.7 Å². The molecule has 0 bridgehead atoms. The number of nitrogens with zero attached hydrogens (tertiary/aromatic N) is 4. The lowest BCUT2D eigenvalue weighted by molar-refractivity contribution is -0.673. The summed E-state index contributed by atoms with van der Waals surface area (Å²) in [6, 6.07) is 0.595. The van der Waals surface area contributed by atoms with Crippen LogP contribution >= 0.6 is 34.7 Å². The molecule has 2 aromatic heterocycles. The molecule has 1 saturated heterocycles. The number of β-lactam (4-membered cyclic amide) rings is 1. The number of rotatable bonds is 7. The SMILES string of the molecule is C[n+]1cccc(SC2=C(C(=O)O)N3C(=O)[C@@H](NC(=O)C(N=O)c4nc(N)sc4Cl)C3CC2)c1. The molecule has 0 aliphatic carbocycles. The first kappa shape index (κ1) is 23.1. The summed E-state index contributed by atoms with van der Waals surface area (Å²) < 4.78 is 1.90. The summed E-state index contributed by atoms with van der Waals surface area (Å²) in [6.45, 7) is 0. The molecular formula is C19H18ClN6O5S2+. The molecule has 172 valence electrons. The molecule has 4 heterocycles. The van der Waals surface area contributed by atoms with Crippen molar-refractivity contribution in [3.8, 4) is 0 Å². The molecule has 2 amide bonds. The Morgan fingerprint density at radius 3 is 2.88 bits per heavy atom. The van der Waals surface area contributed by atoms with E-state index in [9.17, 15) is 24.4 Å². The summed E-state index contributed by atoms with van der Waals surface area (Å²) in [7, 11) is 1.86. The van der Waals surface area contributed by atoms with E-state index in [0.717, 1.165) is 16.2 Å². The van der Waals surface area contributed by atoms with Crippen LogP contribution in [0, 0.1) is 4.91 Å². The van der Waals surface area contributed by atoms with Gasteiger partial charge >= 0.3 is 5.97 Å². The lowest BCUT2D eigenvalue weighted by Gasteiger charge is -2.50. The third-order valence-electron chi connectivity index (χ3n) is 5.29. The van der Waals surface area contributed by atoms with Crippen molar-refractivity contribution in [3.63, 3.8) is 0 Å². The van der Waals surface area contributed by atoms with Gasteiger partial charge in [-0.25, -0.2) is 14.3 Å². The topological polar surface area (TPSA) is 159 Å². The van der Waals surface area contributed by atoms with Crippen molar-refractivity contribution >= 4 is 57.6 Å². The number of nitroso groups, excluding NO2 is 1. The van der Waals surface area contributed by atoms with Gasteiger partial charge < -0.3 is 16.2 Å². The number of thioether (sulfide) groups is 1. The first-order valence-corrected chi connectivity index (χ1v) is 11.7. The number of aromatic nitrogens is 2. The number of carboxylic acids is 1. The van der Waals surface area contributed by atoms with Gasteiger partial charge in [0, 0.05) is 11.0 Å². The molecule has 14 heteroatoms. The number of halogens is 1. The van der Waals surface area contributed by atoms with Gasteiger partial charge in [0.1, 0.15) is 28.8 Å². The second kappa shape index (κ2) is 9.08. The highest BCUT2D eigenvalue weighted by Crippen LogP contribution is 2.43. The Bertz CT molecular complexity index is 1200. The van der Waals surface area contributed by atoms with Crippen molar-refractivity contribution < 1.29 is 24.1 Å². The summed E-state index contributed by atoms with van der Waals surface area (Å²) >= 11 is 8.16. The fourth-order valence-electron chi connectivity index (χ4n) is 3.84. The maximum Gasteiger partial charge on any atom is 0.353 e. The number of nitrogens with two attached hydrogens (primary N) is 1. The number of anilines is 1. The average Bonchev–Trinajstić information content (AvgIpc) is 3.09. The number of carbonyl (C=O) groups is 3. The van der Waals surface area contributed by atoms with E-state index in [-0.39, 0.29) is 20.9 Å². The standard InChI is InChI=1S/C19H17ClN6O5S2/c1-25-6-2-3-8(7-25)32-10-5-4-9-11(17(28)26(9)14(10)18(29)30)22-16(27)13(24-31)12-15(20)33-19(21)23-12/h2-3,6-7,9,11,13H,4-5H2,1H3,(H3-,21,22,23,27,29,30)/p+1/t9?,11-,13?/m0/s1. The Kier molecular flexibility index (Phi) is 6.36. The van der Waals surface area contributed by atoms with E-state index in [0.29, 0.717) is 17.7 Å². The molecule has 2 unspecified atom stereocenters. The van der Waals surface area contributed by atoms with Gasteiger partial charge in [-0.15, -0.1) is 4.91 Å². The largest absolute Gasteiger partial charge is 0.477 e. The number of amides is 2. The van der Waals surface area contributed by atoms with Crippen LogP contribution in [-0.2, 0) is 21.4 Å². The summed E-state index contributed by atoms with van der Waals surface area (Å²) in [5.41, 5.74) is 5.38. The Balaban J connectivity index is 1.53. The maximum atomic E-state index is 12.8. The van der Waals surface area contributed by atoms with Crippen LogP contribution in [0.5, 0.6) is 0 Å². The number of hydrogen-bond acceptors (Lipinski definition) is 9. The number of allylic oxidation sites excluding steroid dienone is 1. The van der Waals surface area contributed by atoms with Crippen LogP contribution < -0.4 is 15.6 Å². The molecule has 2 aliphatic heterocycles. The minimum Gasteiger partial charge on any atom is -0.477 e. The van der Waals surface area contributed by atoms with Crippen LogP contribution in [0.2, 0.25) is 4.34 Å². The molecule has 0 saturated carbocycles. The first-order valence-electron chi connectivity index (χ1n) is 9.68. The summed E-state index contributed by atoms with van der Waals surface area (Å²) in [5, 5.41) is 15.2. The zero-order chi connectivity index (χ0) is 23.9. The number of aryl methyl sites for hydroxylation is 1. The van der Waals surface area contributed by atoms with Gasteiger partial charge in [-0.2, -0.15) is 0 Å². The zero-order valence-electron chi connectivity index (χ0n) is 17.1. The van der Waals surface area contributed by atoms with Crippen LogP contribution in [0.1, 0.15) is 24.6 Å². The van der Waals surface area contributed by atoms with Gasteiger partial charge in [0.15, 0.2) is 17.5 Å². The molecule has 4 N–H and O–H groups in total. The number of nitrogens with one attached hydrogen (secondary N) is 1. The molecule has 2 aliphatic rings. The number of carbonyl (C=O) groups excluding carboxylic acids is 2. The number of nitrogen functional groups attached to an aromatic ring is 1. The molecule has 33 heavy (non-hydrogen) atoms. The fourth-order valence-corrected chi connectivity index (χ4v) is 5.97. The Labute approximate surface area is 200 Å². The van der Waals surface area contributed by atoms with Crippen LogP contribution in [0.25, 0.3) is 0 Å². The van der Waals surface area contributed by atoms with Crippen molar-refractivity contribution in [2.75, 3.05) is 5.73 Å². The first-order chi connectivity index (χ1) is 15.7. The predicted molar refractivity (Wildman–Crippen MR) is 120 cm³/mol. The van der Waals surface area contributed by atoms with Crippen LogP contribution in [0.3, 0.4) is 0 Å². The van der Waals surface area contributed by atoms with E-state index in [4.69, 9.17) is 17.3 Å². The molecule has 0 radical (unpaired) electrons. The van der Waals surface area contributed by atoms with Crippen LogP contribution in [0.4, 0.5) is 5.13 Å². The second-order valence-electron chi connectivity index (χ2n) is 7.40. The van der Waals surface area contributed by atoms with E-state index in [2.05, 4.69) is 15.5 Å². The molecule has 11 nitrogen and oxygen atoms in total. The van der Waals surface area contributed by atoms with Gasteiger partial charge in [0.05, 0.1) is 10.9 Å². The third-order valence-corrected chi connectivity index (χ3v) is 7.52. The highest BCUT2D eigenvalue weighted by atomic mass is 35.5. The molecular weight excluding hydrogens is 492 g/mol. The quantitative estimate of drug-likeness (QED) is 0.288. The molecule has 0 spiro atoms. The van der Waals surface area contributed by atoms with Crippen LogP contribution in [0.15, 0.2) is 45.2 Å². The molecule has 0 aromatic carbocycles. The Morgan fingerprint density at radius 1 is 1.52 bits per heavy atom. The third kappa shape index (κ3) is 4.30. The number of thiazole rings is 1. The number of aliphatic carboxylic acids is 1. The van der Waals surface area contributed by atoms with Crippen molar-refractivity contribution in [1.29, 1.82) is 0 Å². The molecule has 4 rings (SSSR count). The van der Waals surface area contributed by atoms with E-state index in [1.54, 1.807) is 0 Å². The smallest absolute Gasteiger partial charge is 0.353 e. The Morgan fingerprint density at radius 2 is 2.27 bits per heavy atom. The molecule has 2 aromatic rings. The van der Waals surface area contributed by atoms with E-state index >= 15 is 0 Å². The monoisotopic (exact) mass is 509 g/mol. The highest BCUT2D eigenvalue weighted by molar-refractivity contribution is 8.03. The zero-order valence-corrected chi connectivity index (χ0v) is 19.5. The van der Waals surface area contributed by atoms with Gasteiger partial charge in [0.25, 0.3) is 11.8 Å². The summed E-state index contributed by atoms with van der Waals surface area (Å²) in [5.74, 6) is -2.65. The average molecular weight is 510 g/mol. The highest BCUT2D eigenvalue weighted by Gasteiger charge is 2.54. The summed E-state index contributed by atoms with van der Waals surface area (Å²) in [6.07, 6.45) is 4.56. The second-order valence-corrected chi connectivity index (χ2v) is 10.2. The van der Waals surface area contributed by atoms with E-state index in [1.807, 2.05) is 36.1 Å². The van der Waals surface area contributed by atoms with Crippen molar-refractivity contribution in [2.45, 2.75) is 35.9 Å². The lowest BCUT2D eigenvalue weighted by atomic mass is 9.86. The number of carboxylic acid groups (broad SMARTS) is 1. The summed E-state index contributed by atoms with van der Waals surface area (Å²) in [4.78, 5) is 55.3. The van der Waals surface area contributed by atoms with Crippen molar-refractivity contribution in [2.24, 2.45) is 12.2 Å². The fraction of sp³-hybridized carbons (Fsp3) is 0.316. The number of pyridine rings is 1. The minimum atomic E-state index is -1.57. The van der Waals surface area contributed by atoms with E-state index < -0.39 is 35.9 Å². The van der Waals surface area contributed by atoms with Crippen LogP contribution in [-0.4, -0.2) is 44.9 Å². The number of fused-ring (bicyclic) bond motifs is 1. The predicted octanol–water partition coefficient (Wildman–Crippen LogP) is 1.59. The lowest BCUT2D eigenvalue weighted by Crippen LogP contribution is -2.71. The molecule has 3 atom stereocenters. The van der Waals surface area contributed by atoms with Gasteiger partial charge in [-0.3, -0.25) is 14.5 Å². The normalized spacial score (nSPS) is 20.7. The minimum absolute atomic E-state index is 0.0542. The number of hydrogen-bond donors (Lipinski definition) is 3. The molecule has 1 fully saturated rings. The van der Waals surface area contributed by atoms with Gasteiger partial charge in [0.2, 0.25) is 6.04 Å².